The van der Waals surface area contributed by atoms with Gasteiger partial charge in [0.05, 0.1) is 18.7 Å². The number of nitrogens with zero attached hydrogens (tertiary/aromatic N) is 1. The maximum atomic E-state index is 13.3. The van der Waals surface area contributed by atoms with Gasteiger partial charge in [-0.25, -0.2) is 0 Å². The molecule has 0 aromatic heterocycles. The number of amides is 1. The van der Waals surface area contributed by atoms with Crippen molar-refractivity contribution < 1.29 is 19.4 Å². The van der Waals surface area contributed by atoms with E-state index in [1.807, 2.05) is 37.3 Å². The van der Waals surface area contributed by atoms with Crippen LogP contribution in [-0.4, -0.2) is 29.9 Å². The van der Waals surface area contributed by atoms with Gasteiger partial charge in [0.2, 0.25) is 0 Å². The maximum absolute atomic E-state index is 13.3. The van der Waals surface area contributed by atoms with E-state index in [-0.39, 0.29) is 12.2 Å². The third-order valence-corrected chi connectivity index (χ3v) is 5.83. The lowest BCUT2D eigenvalue weighted by Gasteiger charge is -2.23. The summed E-state index contributed by atoms with van der Waals surface area (Å²) in [4.78, 5) is 27.9. The lowest BCUT2D eigenvalue weighted by atomic mass is 9.88. The van der Waals surface area contributed by atoms with Crippen molar-refractivity contribution in [2.75, 3.05) is 18.1 Å². The van der Waals surface area contributed by atoms with Crippen LogP contribution in [0, 0.1) is 0 Å². The van der Waals surface area contributed by atoms with Gasteiger partial charge in [-0.3, -0.25) is 9.59 Å². The Labute approximate surface area is 188 Å². The molecule has 0 saturated carbocycles. The van der Waals surface area contributed by atoms with Crippen molar-refractivity contribution in [3.8, 4) is 5.75 Å². The highest BCUT2D eigenvalue weighted by Crippen LogP contribution is 2.43. The number of ether oxygens (including phenoxy) is 1. The van der Waals surface area contributed by atoms with Crippen LogP contribution in [0.4, 0.5) is 5.69 Å². The van der Waals surface area contributed by atoms with Crippen molar-refractivity contribution in [2.45, 2.75) is 31.8 Å². The van der Waals surface area contributed by atoms with Crippen LogP contribution in [0.1, 0.15) is 41.3 Å². The SMILES string of the molecule is CCOc1ccc(C(=O)C[C@]2(O)C(=O)N(CCCc3ccccc3)c3ccccc32)cc1. The van der Waals surface area contributed by atoms with Crippen LogP contribution < -0.4 is 9.64 Å². The summed E-state index contributed by atoms with van der Waals surface area (Å²) in [6, 6.07) is 24.1. The molecule has 0 fully saturated rings. The molecule has 1 atom stereocenters. The first-order valence-corrected chi connectivity index (χ1v) is 11.0. The molecule has 0 unspecified atom stereocenters. The Bertz CT molecular complexity index is 1090. The number of aryl methyl sites for hydroxylation is 1. The van der Waals surface area contributed by atoms with Crippen molar-refractivity contribution in [1.29, 1.82) is 0 Å². The van der Waals surface area contributed by atoms with Crippen LogP contribution >= 0.6 is 0 Å². The zero-order valence-electron chi connectivity index (χ0n) is 18.2. The number of anilines is 1. The fourth-order valence-corrected chi connectivity index (χ4v) is 4.22. The minimum atomic E-state index is -1.86. The average Bonchev–Trinajstić information content (AvgIpc) is 3.02. The molecule has 1 N–H and O–H groups in total. The van der Waals surface area contributed by atoms with Crippen LogP contribution in [0.3, 0.4) is 0 Å². The van der Waals surface area contributed by atoms with Crippen molar-refractivity contribution in [1.82, 2.24) is 0 Å². The molecule has 0 radical (unpaired) electrons. The molecule has 0 spiro atoms. The highest BCUT2D eigenvalue weighted by molar-refractivity contribution is 6.10. The number of para-hydroxylation sites is 1. The summed E-state index contributed by atoms with van der Waals surface area (Å²) >= 11 is 0. The fourth-order valence-electron chi connectivity index (χ4n) is 4.22. The Kier molecular flexibility index (Phi) is 6.37. The van der Waals surface area contributed by atoms with Crippen molar-refractivity contribution in [2.24, 2.45) is 0 Å². The number of benzene rings is 3. The Balaban J connectivity index is 1.51. The van der Waals surface area contributed by atoms with E-state index < -0.39 is 11.5 Å². The molecule has 164 valence electrons. The molecule has 3 aromatic carbocycles. The van der Waals surface area contributed by atoms with Gasteiger partial charge in [0.1, 0.15) is 5.75 Å². The minimum absolute atomic E-state index is 0.287. The van der Waals surface area contributed by atoms with E-state index in [2.05, 4.69) is 12.1 Å². The lowest BCUT2D eigenvalue weighted by molar-refractivity contribution is -0.135. The molecule has 1 heterocycles. The zero-order chi connectivity index (χ0) is 22.6. The molecule has 0 bridgehead atoms. The lowest BCUT2D eigenvalue weighted by Crippen LogP contribution is -2.42. The topological polar surface area (TPSA) is 66.8 Å². The van der Waals surface area contributed by atoms with E-state index in [1.165, 1.54) is 5.56 Å². The third-order valence-electron chi connectivity index (χ3n) is 5.83. The Morgan fingerprint density at radius 2 is 1.66 bits per heavy atom. The van der Waals surface area contributed by atoms with Gasteiger partial charge in [-0.15, -0.1) is 0 Å². The molecule has 5 nitrogen and oxygen atoms in total. The Morgan fingerprint density at radius 3 is 2.38 bits per heavy atom. The summed E-state index contributed by atoms with van der Waals surface area (Å²) in [5.41, 5.74) is 0.943. The number of carbonyl (C=O) groups is 2. The standard InChI is InChI=1S/C27H27NO4/c1-2-32-22-16-14-21(15-17-22)25(29)19-27(31)23-12-6-7-13-24(23)28(26(27)30)18-8-11-20-9-4-3-5-10-20/h3-7,9-10,12-17,31H,2,8,11,18-19H2,1H3/t27-/m1/s1. The number of carbonyl (C=O) groups excluding carboxylic acids is 2. The predicted octanol–water partition coefficient (Wildman–Crippen LogP) is 4.53. The zero-order valence-corrected chi connectivity index (χ0v) is 18.2. The van der Waals surface area contributed by atoms with Crippen LogP contribution in [0.15, 0.2) is 78.9 Å². The second-order valence-electron chi connectivity index (χ2n) is 7.98. The molecule has 3 aromatic rings. The first-order valence-electron chi connectivity index (χ1n) is 11.0. The highest BCUT2D eigenvalue weighted by Gasteiger charge is 2.50. The molecule has 1 aliphatic heterocycles. The van der Waals surface area contributed by atoms with Gasteiger partial charge in [0.15, 0.2) is 11.4 Å². The molecule has 0 aliphatic carbocycles. The number of fused-ring (bicyclic) bond motifs is 1. The van der Waals surface area contributed by atoms with E-state index >= 15 is 0 Å². The monoisotopic (exact) mass is 429 g/mol. The molecule has 32 heavy (non-hydrogen) atoms. The van der Waals surface area contributed by atoms with E-state index in [4.69, 9.17) is 4.74 Å². The van der Waals surface area contributed by atoms with Gasteiger partial charge in [0.25, 0.3) is 5.91 Å². The number of hydrogen-bond donors (Lipinski definition) is 1. The van der Waals surface area contributed by atoms with Crippen molar-refractivity contribution in [3.05, 3.63) is 95.6 Å². The number of aliphatic hydroxyl groups is 1. The van der Waals surface area contributed by atoms with E-state index in [0.717, 1.165) is 12.8 Å². The van der Waals surface area contributed by atoms with E-state index in [9.17, 15) is 14.7 Å². The molecule has 1 amide bonds. The predicted molar refractivity (Wildman–Crippen MR) is 124 cm³/mol. The average molecular weight is 430 g/mol. The first kappa shape index (κ1) is 21.8. The number of Topliss-reactive ketones (excluding diaryl/α,β-unsaturated/α-hetero) is 1. The summed E-state index contributed by atoms with van der Waals surface area (Å²) in [6.45, 7) is 2.91. The summed E-state index contributed by atoms with van der Waals surface area (Å²) in [6.07, 6.45) is 1.29. The Hall–Kier alpha value is -3.44. The molecule has 1 aliphatic rings. The van der Waals surface area contributed by atoms with Crippen LogP contribution in [0.25, 0.3) is 0 Å². The second kappa shape index (κ2) is 9.37. The van der Waals surface area contributed by atoms with Crippen molar-refractivity contribution in [3.63, 3.8) is 0 Å². The molecule has 4 rings (SSSR count). The van der Waals surface area contributed by atoms with Gasteiger partial charge in [-0.1, -0.05) is 48.5 Å². The van der Waals surface area contributed by atoms with Gasteiger partial charge >= 0.3 is 0 Å². The first-order chi connectivity index (χ1) is 15.5. The smallest absolute Gasteiger partial charge is 0.264 e. The summed E-state index contributed by atoms with van der Waals surface area (Å²) in [5, 5.41) is 11.4. The quantitative estimate of drug-likeness (QED) is 0.508. The fraction of sp³-hybridized carbons (Fsp3) is 0.259. The van der Waals surface area contributed by atoms with Crippen LogP contribution in [0.2, 0.25) is 0 Å². The summed E-state index contributed by atoms with van der Waals surface area (Å²) < 4.78 is 5.42. The second-order valence-corrected chi connectivity index (χ2v) is 7.98. The van der Waals surface area contributed by atoms with Gasteiger partial charge in [0, 0.05) is 17.7 Å². The number of ketones is 1. The molecule has 5 heteroatoms. The Morgan fingerprint density at radius 1 is 0.969 bits per heavy atom. The molecule has 0 saturated heterocycles. The van der Waals surface area contributed by atoms with Gasteiger partial charge in [-0.05, 0) is 55.7 Å². The minimum Gasteiger partial charge on any atom is -0.494 e. The normalized spacial score (nSPS) is 17.3. The van der Waals surface area contributed by atoms with Crippen LogP contribution in [-0.2, 0) is 16.8 Å². The summed E-state index contributed by atoms with van der Waals surface area (Å²) in [7, 11) is 0. The maximum Gasteiger partial charge on any atom is 0.264 e. The summed E-state index contributed by atoms with van der Waals surface area (Å²) in [5.74, 6) is -0.0504. The number of rotatable bonds is 9. The molecular formula is C27H27NO4. The van der Waals surface area contributed by atoms with E-state index in [1.54, 1.807) is 41.3 Å². The molecular weight excluding hydrogens is 402 g/mol. The highest BCUT2D eigenvalue weighted by atomic mass is 16.5. The largest absolute Gasteiger partial charge is 0.494 e. The van der Waals surface area contributed by atoms with Gasteiger partial charge in [-0.2, -0.15) is 0 Å². The van der Waals surface area contributed by atoms with Crippen LogP contribution in [0.5, 0.6) is 5.75 Å². The van der Waals surface area contributed by atoms with Crippen molar-refractivity contribution >= 4 is 17.4 Å². The third kappa shape index (κ3) is 4.30. The number of hydrogen-bond acceptors (Lipinski definition) is 4. The van der Waals surface area contributed by atoms with E-state index in [0.29, 0.717) is 35.7 Å². The van der Waals surface area contributed by atoms with Gasteiger partial charge < -0.3 is 14.7 Å².